The molecule has 3 aromatic carbocycles. The fourth-order valence-electron chi connectivity index (χ4n) is 2.74. The van der Waals surface area contributed by atoms with Gasteiger partial charge in [0.2, 0.25) is 0 Å². The number of carboxylic acid groups (broad SMARTS) is 1. The second-order valence-electron chi connectivity index (χ2n) is 6.09. The molecular formula is C21H18N2O6S. The first-order valence-corrected chi connectivity index (χ1v) is 9.90. The Morgan fingerprint density at radius 2 is 1.73 bits per heavy atom. The highest BCUT2D eigenvalue weighted by atomic mass is 32.2. The van der Waals surface area contributed by atoms with E-state index in [0.29, 0.717) is 21.4 Å². The van der Waals surface area contributed by atoms with Crippen molar-refractivity contribution < 1.29 is 29.6 Å². The zero-order valence-corrected chi connectivity index (χ0v) is 16.7. The number of azo groups is 1. The molecule has 3 N–H and O–H groups in total. The van der Waals surface area contributed by atoms with E-state index in [4.69, 9.17) is 9.84 Å². The molecule has 0 saturated heterocycles. The number of fused-ring (bicyclic) bond motifs is 1. The maximum Gasteiger partial charge on any atom is 0.339 e. The standard InChI is InChI=1S/C21H18N2O6S/c1-2-29-19(26)11-30-18-10-17(25)13-5-3-4-6-14(13)20(18)23-22-12-7-8-15(21(27)28)16(24)9-12/h3-10,24-25H,2,11H2,1H3,(H,27,28). The van der Waals surface area contributed by atoms with E-state index in [2.05, 4.69) is 10.2 Å². The van der Waals surface area contributed by atoms with Gasteiger partial charge in [-0.25, -0.2) is 4.79 Å². The SMILES string of the molecule is CCOC(=O)CSc1cc(O)c2ccccc2c1N=Nc1ccc(C(=O)O)c(O)c1. The van der Waals surface area contributed by atoms with Crippen LogP contribution in [0.2, 0.25) is 0 Å². The number of phenols is 2. The number of thioether (sulfide) groups is 1. The topological polar surface area (TPSA) is 129 Å². The number of esters is 1. The van der Waals surface area contributed by atoms with Crippen LogP contribution in [0.4, 0.5) is 11.4 Å². The van der Waals surface area contributed by atoms with Crippen LogP contribution in [-0.2, 0) is 9.53 Å². The van der Waals surface area contributed by atoms with Gasteiger partial charge in [0.25, 0.3) is 0 Å². The van der Waals surface area contributed by atoms with E-state index in [1.54, 1.807) is 31.2 Å². The third kappa shape index (κ3) is 4.69. The summed E-state index contributed by atoms with van der Waals surface area (Å²) in [5.41, 5.74) is 0.435. The number of ether oxygens (including phenoxy) is 1. The molecule has 0 heterocycles. The first-order chi connectivity index (χ1) is 14.4. The van der Waals surface area contributed by atoms with Crippen molar-refractivity contribution in [1.82, 2.24) is 0 Å². The van der Waals surface area contributed by atoms with Crippen molar-refractivity contribution in [2.45, 2.75) is 11.8 Å². The normalized spacial score (nSPS) is 11.1. The molecule has 0 bridgehead atoms. The van der Waals surface area contributed by atoms with Crippen molar-refractivity contribution >= 4 is 45.8 Å². The average molecular weight is 426 g/mol. The van der Waals surface area contributed by atoms with Gasteiger partial charge in [0, 0.05) is 21.7 Å². The Bertz CT molecular complexity index is 1150. The van der Waals surface area contributed by atoms with E-state index >= 15 is 0 Å². The van der Waals surface area contributed by atoms with Crippen molar-refractivity contribution in [2.24, 2.45) is 10.2 Å². The summed E-state index contributed by atoms with van der Waals surface area (Å²) in [6.45, 7) is 1.99. The molecule has 0 fully saturated rings. The van der Waals surface area contributed by atoms with E-state index in [9.17, 15) is 19.8 Å². The summed E-state index contributed by atoms with van der Waals surface area (Å²) in [7, 11) is 0. The molecule has 0 atom stereocenters. The molecule has 30 heavy (non-hydrogen) atoms. The average Bonchev–Trinajstić information content (AvgIpc) is 2.72. The van der Waals surface area contributed by atoms with Gasteiger partial charge in [-0.3, -0.25) is 4.79 Å². The second-order valence-corrected chi connectivity index (χ2v) is 7.11. The zero-order chi connectivity index (χ0) is 21.7. The van der Waals surface area contributed by atoms with Crippen molar-refractivity contribution in [2.75, 3.05) is 12.4 Å². The number of aromatic hydroxyl groups is 2. The van der Waals surface area contributed by atoms with E-state index < -0.39 is 17.7 Å². The molecule has 3 rings (SSSR count). The van der Waals surface area contributed by atoms with Crippen LogP contribution < -0.4 is 0 Å². The minimum absolute atomic E-state index is 0.0300. The van der Waals surface area contributed by atoms with Crippen molar-refractivity contribution in [1.29, 1.82) is 0 Å². The summed E-state index contributed by atoms with van der Waals surface area (Å²) in [6.07, 6.45) is 0. The summed E-state index contributed by atoms with van der Waals surface area (Å²) >= 11 is 1.15. The lowest BCUT2D eigenvalue weighted by Crippen LogP contribution is -2.06. The molecule has 0 aromatic heterocycles. The predicted molar refractivity (Wildman–Crippen MR) is 112 cm³/mol. The van der Waals surface area contributed by atoms with Gasteiger partial charge in [-0.2, -0.15) is 5.11 Å². The van der Waals surface area contributed by atoms with Crippen LogP contribution in [0.25, 0.3) is 10.8 Å². The lowest BCUT2D eigenvalue weighted by atomic mass is 10.1. The molecule has 0 radical (unpaired) electrons. The van der Waals surface area contributed by atoms with Crippen LogP contribution in [0.5, 0.6) is 11.5 Å². The molecule has 0 aliphatic heterocycles. The maximum absolute atomic E-state index is 11.7. The summed E-state index contributed by atoms with van der Waals surface area (Å²) < 4.78 is 4.94. The predicted octanol–water partition coefficient (Wildman–Crippen LogP) is 5.02. The fourth-order valence-corrected chi connectivity index (χ4v) is 3.58. The van der Waals surface area contributed by atoms with Crippen molar-refractivity contribution in [3.63, 3.8) is 0 Å². The molecule has 0 saturated carbocycles. The van der Waals surface area contributed by atoms with Crippen LogP contribution >= 0.6 is 11.8 Å². The monoisotopic (exact) mass is 426 g/mol. The van der Waals surface area contributed by atoms with Gasteiger partial charge < -0.3 is 20.1 Å². The Kier molecular flexibility index (Phi) is 6.53. The molecule has 0 aliphatic rings. The highest BCUT2D eigenvalue weighted by Crippen LogP contribution is 2.42. The number of nitrogens with zero attached hydrogens (tertiary/aromatic N) is 2. The molecular weight excluding hydrogens is 408 g/mol. The van der Waals surface area contributed by atoms with Gasteiger partial charge in [-0.05, 0) is 25.1 Å². The van der Waals surface area contributed by atoms with Gasteiger partial charge in [0.1, 0.15) is 22.7 Å². The summed E-state index contributed by atoms with van der Waals surface area (Å²) in [4.78, 5) is 23.3. The minimum Gasteiger partial charge on any atom is -0.507 e. The Balaban J connectivity index is 2.02. The van der Waals surface area contributed by atoms with Crippen LogP contribution in [0.3, 0.4) is 0 Å². The molecule has 0 spiro atoms. The Morgan fingerprint density at radius 3 is 2.40 bits per heavy atom. The van der Waals surface area contributed by atoms with E-state index in [1.807, 2.05) is 0 Å². The lowest BCUT2D eigenvalue weighted by molar-refractivity contribution is -0.139. The number of benzene rings is 3. The molecule has 8 nitrogen and oxygen atoms in total. The van der Waals surface area contributed by atoms with Crippen LogP contribution in [0.15, 0.2) is 63.7 Å². The first kappa shape index (κ1) is 21.1. The summed E-state index contributed by atoms with van der Waals surface area (Å²) in [5, 5.41) is 38.8. The maximum atomic E-state index is 11.7. The number of rotatable bonds is 7. The molecule has 0 unspecified atom stereocenters. The smallest absolute Gasteiger partial charge is 0.339 e. The van der Waals surface area contributed by atoms with Crippen LogP contribution in [0, 0.1) is 0 Å². The van der Waals surface area contributed by atoms with Gasteiger partial charge in [-0.1, -0.05) is 24.3 Å². The van der Waals surface area contributed by atoms with Crippen molar-refractivity contribution in [3.05, 3.63) is 54.1 Å². The number of carboxylic acids is 1. The first-order valence-electron chi connectivity index (χ1n) is 8.92. The van der Waals surface area contributed by atoms with E-state index in [-0.39, 0.29) is 29.4 Å². The third-order valence-corrected chi connectivity index (χ3v) is 5.09. The van der Waals surface area contributed by atoms with E-state index in [0.717, 1.165) is 11.8 Å². The number of carbonyl (C=O) groups is 2. The largest absolute Gasteiger partial charge is 0.507 e. The van der Waals surface area contributed by atoms with Gasteiger partial charge in [-0.15, -0.1) is 16.9 Å². The highest BCUT2D eigenvalue weighted by molar-refractivity contribution is 8.00. The molecule has 154 valence electrons. The Labute approximate surface area is 175 Å². The minimum atomic E-state index is -1.25. The van der Waals surface area contributed by atoms with Gasteiger partial charge in [0.15, 0.2) is 0 Å². The lowest BCUT2D eigenvalue weighted by Gasteiger charge is -2.10. The third-order valence-electron chi connectivity index (χ3n) is 4.09. The molecule has 0 aliphatic carbocycles. The molecule has 0 amide bonds. The molecule has 3 aromatic rings. The van der Waals surface area contributed by atoms with Crippen LogP contribution in [0.1, 0.15) is 17.3 Å². The molecule has 9 heteroatoms. The Morgan fingerprint density at radius 1 is 1.00 bits per heavy atom. The quantitative estimate of drug-likeness (QED) is 0.275. The van der Waals surface area contributed by atoms with Gasteiger partial charge in [0.05, 0.1) is 18.0 Å². The summed E-state index contributed by atoms with van der Waals surface area (Å²) in [5.74, 6) is -2.00. The summed E-state index contributed by atoms with van der Waals surface area (Å²) in [6, 6.07) is 12.4. The number of carbonyl (C=O) groups excluding carboxylic acids is 1. The van der Waals surface area contributed by atoms with E-state index in [1.165, 1.54) is 24.3 Å². The van der Waals surface area contributed by atoms with Gasteiger partial charge >= 0.3 is 11.9 Å². The second kappa shape index (κ2) is 9.27. The number of phenolic OH excluding ortho intramolecular Hbond substituents is 1. The highest BCUT2D eigenvalue weighted by Gasteiger charge is 2.15. The Hall–Kier alpha value is -3.59. The van der Waals surface area contributed by atoms with Crippen molar-refractivity contribution in [3.8, 4) is 11.5 Å². The fraction of sp³-hybridized carbons (Fsp3) is 0.143. The zero-order valence-electron chi connectivity index (χ0n) is 15.9. The number of aromatic carboxylic acids is 1. The van der Waals surface area contributed by atoms with Crippen LogP contribution in [-0.4, -0.2) is 39.6 Å². The number of hydrogen-bond donors (Lipinski definition) is 3. The number of hydrogen-bond acceptors (Lipinski definition) is 8.